The fourth-order valence-electron chi connectivity index (χ4n) is 18.8. The number of hydrogen-bond donors (Lipinski definition) is 6. The molecule has 7 aliphatic rings. The number of aromatic nitrogens is 6. The van der Waals surface area contributed by atoms with E-state index in [-0.39, 0.29) is 94.0 Å². The molecule has 27 heteroatoms. The highest BCUT2D eigenvalue weighted by Gasteiger charge is 2.39. The lowest BCUT2D eigenvalue weighted by molar-refractivity contribution is -0.142. The average Bonchev–Trinajstić information content (AvgIpc) is 1.64. The monoisotopic (exact) mass is 1630 g/mol. The summed E-state index contributed by atoms with van der Waals surface area (Å²) in [5.41, 5.74) is 10.2. The zero-order valence-electron chi connectivity index (χ0n) is 68.2. The molecule has 7 amide bonds. The van der Waals surface area contributed by atoms with Crippen molar-refractivity contribution in [1.82, 2.24) is 64.4 Å². The normalized spacial score (nSPS) is 18.3. The molecule has 630 valence electrons. The Kier molecular flexibility index (Phi) is 27.2. The molecule has 0 bridgehead atoms. The van der Waals surface area contributed by atoms with Gasteiger partial charge in [-0.2, -0.15) is 0 Å². The van der Waals surface area contributed by atoms with Gasteiger partial charge in [0.15, 0.2) is 0 Å². The first-order valence-corrected chi connectivity index (χ1v) is 42.4. The molecule has 7 aliphatic heterocycles. The van der Waals surface area contributed by atoms with Crippen molar-refractivity contribution in [3.8, 4) is 0 Å². The molecule has 7 fully saturated rings. The summed E-state index contributed by atoms with van der Waals surface area (Å²) in [5.74, 6) is 1.57. The first-order chi connectivity index (χ1) is 57.6. The van der Waals surface area contributed by atoms with Crippen molar-refractivity contribution in [2.75, 3.05) is 98.2 Å². The summed E-state index contributed by atoms with van der Waals surface area (Å²) < 4.78 is 71.4. The second kappa shape index (κ2) is 38.3. The highest BCUT2D eigenvalue weighted by atomic mass is 19.1. The molecule has 0 radical (unpaired) electrons. The third-order valence-electron chi connectivity index (χ3n) is 25.5. The van der Waals surface area contributed by atoms with Crippen LogP contribution in [0, 0.1) is 46.8 Å². The summed E-state index contributed by atoms with van der Waals surface area (Å²) in [6.07, 6.45) is 23.9. The number of amides is 7. The highest BCUT2D eigenvalue weighted by molar-refractivity contribution is 5.92. The molecule has 13 heterocycles. The number of aromatic amines is 5. The Bertz CT molecular complexity index is 5350. The molecule has 119 heavy (non-hydrogen) atoms. The van der Waals surface area contributed by atoms with Crippen LogP contribution < -0.4 is 0 Å². The molecular formula is C92H108F5N13O9. The fraction of sp³-hybridized carbons (Fsp3) is 0.457. The first-order valence-electron chi connectivity index (χ1n) is 42.4. The maximum Gasteiger partial charge on any atom is 0.292 e. The molecule has 6 N–H and O–H groups in total. The Morgan fingerprint density at radius 1 is 0.429 bits per heavy atom. The number of likely N-dealkylation sites (tertiary alicyclic amines) is 7. The van der Waals surface area contributed by atoms with E-state index in [0.29, 0.717) is 108 Å². The second-order valence-electron chi connectivity index (χ2n) is 33.1. The van der Waals surface area contributed by atoms with Crippen molar-refractivity contribution < 1.29 is 65.1 Å². The van der Waals surface area contributed by atoms with E-state index in [1.807, 2.05) is 109 Å². The third kappa shape index (κ3) is 19.6. The van der Waals surface area contributed by atoms with Gasteiger partial charge in [0.05, 0.1) is 12.1 Å². The lowest BCUT2D eigenvalue weighted by Crippen LogP contribution is -2.47. The fourth-order valence-corrected chi connectivity index (χ4v) is 18.8. The molecule has 6 aromatic heterocycles. The quantitative estimate of drug-likeness (QED) is 0.0594. The number of halogens is 5. The van der Waals surface area contributed by atoms with E-state index < -0.39 is 6.61 Å². The van der Waals surface area contributed by atoms with E-state index in [1.165, 1.54) is 88.6 Å². The van der Waals surface area contributed by atoms with E-state index in [4.69, 9.17) is 9.63 Å². The number of aliphatic hydroxyl groups is 1. The van der Waals surface area contributed by atoms with Crippen LogP contribution in [0.25, 0.3) is 54.5 Å². The van der Waals surface area contributed by atoms with Gasteiger partial charge in [-0.1, -0.05) is 25.9 Å². The largest absolute Gasteiger partial charge is 0.387 e. The Balaban J connectivity index is 0.000000123. The van der Waals surface area contributed by atoms with Crippen molar-refractivity contribution in [3.63, 3.8) is 0 Å². The van der Waals surface area contributed by atoms with Crippen LogP contribution in [-0.4, -0.2) is 209 Å². The number of benzene rings is 5. The van der Waals surface area contributed by atoms with Gasteiger partial charge in [-0.25, -0.2) is 22.0 Å². The smallest absolute Gasteiger partial charge is 0.292 e. The van der Waals surface area contributed by atoms with Crippen molar-refractivity contribution in [1.29, 1.82) is 0 Å². The van der Waals surface area contributed by atoms with Gasteiger partial charge in [0.1, 0.15) is 35.7 Å². The van der Waals surface area contributed by atoms with Crippen LogP contribution >= 0.6 is 0 Å². The summed E-state index contributed by atoms with van der Waals surface area (Å²) in [4.78, 5) is 114. The number of aliphatic hydroxyl groups excluding tert-OH is 1. The zero-order chi connectivity index (χ0) is 83.5. The summed E-state index contributed by atoms with van der Waals surface area (Å²) in [5, 5.41) is 17.8. The molecule has 11 aromatic rings. The van der Waals surface area contributed by atoms with E-state index in [0.717, 1.165) is 164 Å². The van der Waals surface area contributed by atoms with Crippen molar-refractivity contribution >= 4 is 95.9 Å². The van der Waals surface area contributed by atoms with Gasteiger partial charge in [-0.3, -0.25) is 33.6 Å². The maximum absolute atomic E-state index is 13.4. The van der Waals surface area contributed by atoms with Crippen molar-refractivity contribution in [3.05, 3.63) is 197 Å². The summed E-state index contributed by atoms with van der Waals surface area (Å²) in [7, 11) is 0. The predicted octanol–water partition coefficient (Wildman–Crippen LogP) is 15.9. The summed E-state index contributed by atoms with van der Waals surface area (Å²) in [6.45, 7) is 17.3. The van der Waals surface area contributed by atoms with Gasteiger partial charge in [-0.15, -0.1) is 0 Å². The van der Waals surface area contributed by atoms with Crippen LogP contribution in [0.5, 0.6) is 0 Å². The number of piperidine rings is 6. The Morgan fingerprint density at radius 2 is 0.748 bits per heavy atom. The molecule has 7 saturated heterocycles. The molecule has 0 aliphatic carbocycles. The minimum atomic E-state index is -0.420. The van der Waals surface area contributed by atoms with Crippen LogP contribution in [0.3, 0.4) is 0 Å². The Hall–Kier alpha value is -11.1. The lowest BCUT2D eigenvalue weighted by atomic mass is 9.87. The minimum absolute atomic E-state index is 0.0160. The molecule has 1 unspecified atom stereocenters. The Labute approximate surface area is 688 Å². The van der Waals surface area contributed by atoms with Gasteiger partial charge in [0.2, 0.25) is 41.2 Å². The number of fused-ring (bicyclic) bond motifs is 5. The van der Waals surface area contributed by atoms with Crippen LogP contribution in [-0.2, 0) is 28.8 Å². The number of carbonyl (C=O) groups excluding carboxylic acids is 7. The van der Waals surface area contributed by atoms with Crippen molar-refractivity contribution in [2.24, 2.45) is 17.8 Å². The number of rotatable bonds is 13. The van der Waals surface area contributed by atoms with Crippen molar-refractivity contribution in [2.45, 2.75) is 154 Å². The number of H-pyrrole nitrogens is 5. The van der Waals surface area contributed by atoms with Gasteiger partial charge >= 0.3 is 0 Å². The first kappa shape index (κ1) is 84.4. The van der Waals surface area contributed by atoms with Crippen LogP contribution in [0.2, 0.25) is 0 Å². The van der Waals surface area contributed by atoms with Gasteiger partial charge in [-0.05, 0) is 239 Å². The maximum atomic E-state index is 13.4. The summed E-state index contributed by atoms with van der Waals surface area (Å²) in [6, 6.07) is 25.8. The predicted molar refractivity (Wildman–Crippen MR) is 446 cm³/mol. The molecular weight excluding hydrogens is 1530 g/mol. The minimum Gasteiger partial charge on any atom is -0.387 e. The summed E-state index contributed by atoms with van der Waals surface area (Å²) >= 11 is 0. The van der Waals surface area contributed by atoms with E-state index in [9.17, 15) is 55.5 Å². The highest BCUT2D eigenvalue weighted by Crippen LogP contribution is 2.40. The molecule has 0 saturated carbocycles. The van der Waals surface area contributed by atoms with Crippen LogP contribution in [0.15, 0.2) is 139 Å². The zero-order valence-corrected chi connectivity index (χ0v) is 68.2. The van der Waals surface area contributed by atoms with Gasteiger partial charge in [0, 0.05) is 208 Å². The number of nitrogens with zero attached hydrogens (tertiary/aromatic N) is 8. The van der Waals surface area contributed by atoms with Crippen LogP contribution in [0.4, 0.5) is 22.0 Å². The molecule has 22 nitrogen and oxygen atoms in total. The second-order valence-corrected chi connectivity index (χ2v) is 33.1. The topological polar surface area (TPSA) is 267 Å². The van der Waals surface area contributed by atoms with Gasteiger partial charge < -0.3 is 68.8 Å². The number of nitrogens with one attached hydrogen (secondary N) is 5. The molecule has 5 aromatic carbocycles. The van der Waals surface area contributed by atoms with E-state index in [2.05, 4.69) is 30.1 Å². The van der Waals surface area contributed by atoms with E-state index in [1.54, 1.807) is 26.8 Å². The van der Waals surface area contributed by atoms with E-state index >= 15 is 0 Å². The molecule has 18 rings (SSSR count). The molecule has 1 atom stereocenters. The van der Waals surface area contributed by atoms with Crippen LogP contribution in [0.1, 0.15) is 192 Å². The third-order valence-corrected chi connectivity index (χ3v) is 25.5. The Morgan fingerprint density at radius 3 is 1.05 bits per heavy atom. The molecule has 0 spiro atoms. The van der Waals surface area contributed by atoms with Gasteiger partial charge in [0.25, 0.3) is 5.91 Å². The lowest BCUT2D eigenvalue weighted by Gasteiger charge is -2.37. The SMILES string of the molecule is CC(C)C(=O)N1CCC(C(=O)N2CCC(c3c[nH]c4cc(F)ccc34)CC2)CC1.CCCC(=O)N1CCC(c2c[nH]c3cc(F)ccc23)CC1.CCN1CC(C(=O)N2CCC(c3c[nH]c4cc(F)ccc34)CC2)CC1=O.O=C(CO)N1CCC(c2c[nH]c3cc(F)ccc23)CC1.O=C(c1ccno1)N1CCC(c2c[nH]c3cc(F)ccc23)CC1. The standard InChI is InChI=1S/C23H30FN3O2.C20H24FN3O2.C17H16FN3O2.C17H21FN2O.C15H17FN2O2/c1-15(2)22(28)26-11-7-17(8-12-26)23(29)27-9-5-16(6-10-27)20-14-25-21-13-18(24)3-4-19(20)21;1-2-23-12-14(9-19(23)25)20(26)24-7-5-13(6-8-24)17-11-22-18-10-15(21)3-4-16(17)18;18-12-1-2-13-14(10-19-15(13)9-12)11-4-7-21(8-5-11)17(22)16-3-6-20-23-16;1-2-3-17(21)20-8-6-12(7-9-20)15-11-19-16-10-13(18)4-5-14(15)16;16-11-1-2-12-13(8-17-14(12)7-11)10-3-5-18(6-4-10)15(20)9-19/h3-4,13-17,25H,5-12H2,1-2H3;3-4,10-11,13-14,22H,2,5-9,12H2,1H3;1-3,6,9-11,19H,4-5,7-8H2;4-5,10-12,19H,2-3,6-9H2,1H3;1-2,7-8,10,17,19H,3-6,9H2. The number of carbonyl (C=O) groups is 7. The average molecular weight is 1630 g/mol. The number of hydrogen-bond acceptors (Lipinski definition) is 10.